The molecule has 2 amide bonds. The van der Waals surface area contributed by atoms with Crippen LogP contribution >= 0.6 is 0 Å². The highest BCUT2D eigenvalue weighted by molar-refractivity contribution is 6.01. The molecule has 2 aliphatic rings. The average molecular weight is 287 g/mol. The molecule has 0 saturated carbocycles. The van der Waals surface area contributed by atoms with Gasteiger partial charge in [-0.05, 0) is 44.5 Å². The highest BCUT2D eigenvalue weighted by Crippen LogP contribution is 2.21. The average Bonchev–Trinajstić information content (AvgIpc) is 2.90. The molecule has 0 aromatic heterocycles. The van der Waals surface area contributed by atoms with Gasteiger partial charge in [-0.25, -0.2) is 0 Å². The van der Waals surface area contributed by atoms with Gasteiger partial charge in [0.25, 0.3) is 0 Å². The minimum atomic E-state index is -0.368. The molecule has 0 aliphatic carbocycles. The van der Waals surface area contributed by atoms with E-state index in [0.717, 1.165) is 31.6 Å². The molecule has 0 radical (unpaired) electrons. The summed E-state index contributed by atoms with van der Waals surface area (Å²) in [4.78, 5) is 26.4. The van der Waals surface area contributed by atoms with Crippen molar-refractivity contribution < 1.29 is 9.59 Å². The third-order valence-electron chi connectivity index (χ3n) is 4.30. The first kappa shape index (κ1) is 14.1. The molecular formula is C16H21N3O2. The van der Waals surface area contributed by atoms with E-state index >= 15 is 0 Å². The number of nitrogens with one attached hydrogen (secondary N) is 2. The van der Waals surface area contributed by atoms with Crippen molar-refractivity contribution >= 4 is 17.5 Å². The number of benzene rings is 1. The molecule has 5 nitrogen and oxygen atoms in total. The van der Waals surface area contributed by atoms with Gasteiger partial charge in [0.15, 0.2) is 0 Å². The topological polar surface area (TPSA) is 61.4 Å². The van der Waals surface area contributed by atoms with E-state index in [9.17, 15) is 9.59 Å². The second-order valence-electron chi connectivity index (χ2n) is 5.70. The Kier molecular flexibility index (Phi) is 4.20. The predicted octanol–water partition coefficient (Wildman–Crippen LogP) is 0.908. The van der Waals surface area contributed by atoms with Crippen LogP contribution in [0.5, 0.6) is 0 Å². The smallest absolute Gasteiger partial charge is 0.249 e. The van der Waals surface area contributed by atoms with Crippen LogP contribution in [0.25, 0.3) is 0 Å². The summed E-state index contributed by atoms with van der Waals surface area (Å²) in [6, 6.07) is 9.25. The molecule has 2 saturated heterocycles. The van der Waals surface area contributed by atoms with Crippen LogP contribution in [0.3, 0.4) is 0 Å². The molecule has 0 bridgehead atoms. The van der Waals surface area contributed by atoms with E-state index in [1.54, 1.807) is 4.90 Å². The van der Waals surface area contributed by atoms with Crippen molar-refractivity contribution in [1.29, 1.82) is 0 Å². The SMILES string of the molecule is O=C(NC1CCN(c2ccccc2)C1=O)C1CCNCC1. The third-order valence-corrected chi connectivity index (χ3v) is 4.30. The summed E-state index contributed by atoms with van der Waals surface area (Å²) in [6.07, 6.45) is 2.40. The van der Waals surface area contributed by atoms with Crippen LogP contribution in [-0.4, -0.2) is 37.5 Å². The normalized spacial score (nSPS) is 23.3. The number of amides is 2. The Bertz CT molecular complexity index is 512. The van der Waals surface area contributed by atoms with Crippen molar-refractivity contribution in [2.24, 2.45) is 5.92 Å². The zero-order valence-electron chi connectivity index (χ0n) is 12.0. The number of para-hydroxylation sites is 1. The number of piperidine rings is 1. The molecule has 1 aromatic rings. The van der Waals surface area contributed by atoms with Crippen LogP contribution in [0.2, 0.25) is 0 Å². The van der Waals surface area contributed by atoms with Crippen LogP contribution in [0.4, 0.5) is 5.69 Å². The summed E-state index contributed by atoms with van der Waals surface area (Å²) in [7, 11) is 0. The molecule has 1 atom stereocenters. The maximum absolute atomic E-state index is 12.4. The minimum Gasteiger partial charge on any atom is -0.344 e. The molecule has 2 heterocycles. The molecular weight excluding hydrogens is 266 g/mol. The lowest BCUT2D eigenvalue weighted by molar-refractivity contribution is -0.129. The fourth-order valence-electron chi connectivity index (χ4n) is 3.05. The van der Waals surface area contributed by atoms with Gasteiger partial charge in [-0.3, -0.25) is 9.59 Å². The Morgan fingerprint density at radius 2 is 1.86 bits per heavy atom. The summed E-state index contributed by atoms with van der Waals surface area (Å²) in [5.74, 6) is 0.0815. The number of hydrogen-bond donors (Lipinski definition) is 2. The molecule has 2 aliphatic heterocycles. The lowest BCUT2D eigenvalue weighted by atomic mass is 9.97. The van der Waals surface area contributed by atoms with E-state index in [4.69, 9.17) is 0 Å². The van der Waals surface area contributed by atoms with E-state index in [0.29, 0.717) is 13.0 Å². The number of hydrogen-bond acceptors (Lipinski definition) is 3. The molecule has 3 rings (SSSR count). The Labute approximate surface area is 124 Å². The highest BCUT2D eigenvalue weighted by atomic mass is 16.2. The van der Waals surface area contributed by atoms with Crippen LogP contribution in [0.15, 0.2) is 30.3 Å². The van der Waals surface area contributed by atoms with Gasteiger partial charge in [0.05, 0.1) is 0 Å². The number of carbonyl (C=O) groups excluding carboxylic acids is 2. The first-order valence-corrected chi connectivity index (χ1v) is 7.63. The van der Waals surface area contributed by atoms with Gasteiger partial charge in [0.2, 0.25) is 11.8 Å². The molecule has 1 unspecified atom stereocenters. The lowest BCUT2D eigenvalue weighted by Gasteiger charge is -2.23. The van der Waals surface area contributed by atoms with Crippen molar-refractivity contribution in [3.05, 3.63) is 30.3 Å². The zero-order chi connectivity index (χ0) is 14.7. The molecule has 2 N–H and O–H groups in total. The van der Waals surface area contributed by atoms with E-state index in [2.05, 4.69) is 10.6 Å². The number of carbonyl (C=O) groups is 2. The Morgan fingerprint density at radius 3 is 2.57 bits per heavy atom. The second kappa shape index (κ2) is 6.26. The first-order chi connectivity index (χ1) is 10.3. The fourth-order valence-corrected chi connectivity index (χ4v) is 3.05. The van der Waals surface area contributed by atoms with Crippen molar-refractivity contribution in [3.8, 4) is 0 Å². The maximum Gasteiger partial charge on any atom is 0.249 e. The highest BCUT2D eigenvalue weighted by Gasteiger charge is 2.34. The maximum atomic E-state index is 12.4. The zero-order valence-corrected chi connectivity index (χ0v) is 12.0. The van der Waals surface area contributed by atoms with Crippen molar-refractivity contribution in [1.82, 2.24) is 10.6 Å². The Morgan fingerprint density at radius 1 is 1.14 bits per heavy atom. The molecule has 5 heteroatoms. The monoisotopic (exact) mass is 287 g/mol. The molecule has 1 aromatic carbocycles. The van der Waals surface area contributed by atoms with E-state index < -0.39 is 0 Å². The van der Waals surface area contributed by atoms with Crippen LogP contribution in [0.1, 0.15) is 19.3 Å². The van der Waals surface area contributed by atoms with Crippen molar-refractivity contribution in [2.75, 3.05) is 24.5 Å². The molecule has 2 fully saturated rings. The summed E-state index contributed by atoms with van der Waals surface area (Å²) in [6.45, 7) is 2.43. The quantitative estimate of drug-likeness (QED) is 0.868. The van der Waals surface area contributed by atoms with Crippen molar-refractivity contribution in [2.45, 2.75) is 25.3 Å². The van der Waals surface area contributed by atoms with Gasteiger partial charge < -0.3 is 15.5 Å². The van der Waals surface area contributed by atoms with Crippen LogP contribution in [0, 0.1) is 5.92 Å². The third kappa shape index (κ3) is 3.08. The first-order valence-electron chi connectivity index (χ1n) is 7.63. The van der Waals surface area contributed by atoms with E-state index in [1.165, 1.54) is 0 Å². The van der Waals surface area contributed by atoms with Gasteiger partial charge in [0, 0.05) is 18.2 Å². The number of anilines is 1. The van der Waals surface area contributed by atoms with Gasteiger partial charge in [0.1, 0.15) is 6.04 Å². The van der Waals surface area contributed by atoms with E-state index in [1.807, 2.05) is 30.3 Å². The summed E-state index contributed by atoms with van der Waals surface area (Å²) >= 11 is 0. The molecule has 0 spiro atoms. The number of rotatable bonds is 3. The minimum absolute atomic E-state index is 0.00323. The largest absolute Gasteiger partial charge is 0.344 e. The van der Waals surface area contributed by atoms with Crippen molar-refractivity contribution in [3.63, 3.8) is 0 Å². The standard InChI is InChI=1S/C16H21N3O2/c20-15(12-6-9-17-10-7-12)18-14-8-11-19(16(14)21)13-4-2-1-3-5-13/h1-5,12,14,17H,6-11H2,(H,18,20). The van der Waals surface area contributed by atoms with Gasteiger partial charge >= 0.3 is 0 Å². The Balaban J connectivity index is 1.60. The second-order valence-corrected chi connectivity index (χ2v) is 5.70. The van der Waals surface area contributed by atoms with Crippen LogP contribution in [-0.2, 0) is 9.59 Å². The van der Waals surface area contributed by atoms with Gasteiger partial charge in [-0.15, -0.1) is 0 Å². The predicted molar refractivity (Wildman–Crippen MR) is 80.9 cm³/mol. The summed E-state index contributed by atoms with van der Waals surface area (Å²) in [5.41, 5.74) is 0.904. The van der Waals surface area contributed by atoms with Gasteiger partial charge in [-0.2, -0.15) is 0 Å². The molecule has 21 heavy (non-hydrogen) atoms. The fraction of sp³-hybridized carbons (Fsp3) is 0.500. The summed E-state index contributed by atoms with van der Waals surface area (Å²) < 4.78 is 0. The van der Waals surface area contributed by atoms with Crippen LogP contribution < -0.4 is 15.5 Å². The van der Waals surface area contributed by atoms with E-state index in [-0.39, 0.29) is 23.8 Å². The lowest BCUT2D eigenvalue weighted by Crippen LogP contribution is -2.46. The Hall–Kier alpha value is -1.88. The van der Waals surface area contributed by atoms with Gasteiger partial charge in [-0.1, -0.05) is 18.2 Å². The molecule has 112 valence electrons. The number of nitrogens with zero attached hydrogens (tertiary/aromatic N) is 1. The summed E-state index contributed by atoms with van der Waals surface area (Å²) in [5, 5.41) is 6.19.